The predicted octanol–water partition coefficient (Wildman–Crippen LogP) is 3.06. The van der Waals surface area contributed by atoms with E-state index in [2.05, 4.69) is 44.3 Å². The monoisotopic (exact) mass is 219 g/mol. The molecule has 1 aromatic carbocycles. The molecule has 2 nitrogen and oxygen atoms in total. The van der Waals surface area contributed by atoms with E-state index in [4.69, 9.17) is 4.74 Å². The maximum atomic E-state index is 5.76. The Hall–Kier alpha value is -1.02. The Morgan fingerprint density at radius 2 is 2.25 bits per heavy atom. The fourth-order valence-electron chi connectivity index (χ4n) is 2.28. The molecule has 88 valence electrons. The summed E-state index contributed by atoms with van der Waals surface area (Å²) in [4.78, 5) is 0. The van der Waals surface area contributed by atoms with Gasteiger partial charge in [-0.25, -0.2) is 0 Å². The van der Waals surface area contributed by atoms with Crippen LogP contribution in [0.25, 0.3) is 0 Å². The first-order valence-electron chi connectivity index (χ1n) is 6.19. The van der Waals surface area contributed by atoms with E-state index in [9.17, 15) is 0 Å². The van der Waals surface area contributed by atoms with Gasteiger partial charge in [-0.1, -0.05) is 31.5 Å². The van der Waals surface area contributed by atoms with E-state index in [-0.39, 0.29) is 0 Å². The number of fused-ring (bicyclic) bond motifs is 1. The number of ether oxygens (including phenoxy) is 1. The van der Waals surface area contributed by atoms with Gasteiger partial charge in [-0.05, 0) is 26.0 Å². The summed E-state index contributed by atoms with van der Waals surface area (Å²) >= 11 is 0. The fourth-order valence-corrected chi connectivity index (χ4v) is 2.28. The third kappa shape index (κ3) is 2.22. The molecule has 1 aromatic rings. The summed E-state index contributed by atoms with van der Waals surface area (Å²) in [6.45, 7) is 8.48. The Bertz CT molecular complexity index is 362. The van der Waals surface area contributed by atoms with E-state index < -0.39 is 0 Å². The first-order valence-corrected chi connectivity index (χ1v) is 6.19. The molecule has 2 heteroatoms. The second-order valence-electron chi connectivity index (χ2n) is 4.76. The van der Waals surface area contributed by atoms with Crippen LogP contribution >= 0.6 is 0 Å². The highest BCUT2D eigenvalue weighted by Gasteiger charge is 2.27. The summed E-state index contributed by atoms with van der Waals surface area (Å²) < 4.78 is 5.76. The average molecular weight is 219 g/mol. The van der Waals surface area contributed by atoms with Gasteiger partial charge in [-0.3, -0.25) is 0 Å². The van der Waals surface area contributed by atoms with Crippen LogP contribution in [0.1, 0.15) is 37.4 Å². The smallest absolute Gasteiger partial charge is 0.124 e. The number of hydrogen-bond donors (Lipinski definition) is 1. The molecule has 2 atom stereocenters. The Morgan fingerprint density at radius 1 is 1.44 bits per heavy atom. The van der Waals surface area contributed by atoms with Crippen LogP contribution in [0, 0.1) is 12.8 Å². The Morgan fingerprint density at radius 3 is 3.00 bits per heavy atom. The van der Waals surface area contributed by atoms with Crippen LogP contribution in [-0.4, -0.2) is 13.2 Å². The van der Waals surface area contributed by atoms with Gasteiger partial charge in [-0.2, -0.15) is 0 Å². The zero-order valence-electron chi connectivity index (χ0n) is 10.4. The standard InChI is InChI=1S/C14H21NO/c1-4-7-15-14-11(3)9-16-13-6-5-10(2)8-12(13)14/h5-6,8,11,14-15H,4,7,9H2,1-3H3. The highest BCUT2D eigenvalue weighted by Crippen LogP contribution is 2.35. The lowest BCUT2D eigenvalue weighted by molar-refractivity contribution is 0.189. The van der Waals surface area contributed by atoms with Crippen molar-refractivity contribution < 1.29 is 4.74 Å². The molecule has 1 aliphatic heterocycles. The molecular weight excluding hydrogens is 198 g/mol. The Labute approximate surface area is 98.0 Å². The Kier molecular flexibility index (Phi) is 3.49. The zero-order valence-corrected chi connectivity index (χ0v) is 10.4. The average Bonchev–Trinajstić information content (AvgIpc) is 2.28. The van der Waals surface area contributed by atoms with Crippen LogP contribution in [0.5, 0.6) is 5.75 Å². The third-order valence-electron chi connectivity index (χ3n) is 3.19. The molecule has 0 saturated heterocycles. The lowest BCUT2D eigenvalue weighted by Crippen LogP contribution is -2.34. The van der Waals surface area contributed by atoms with E-state index in [1.807, 2.05) is 0 Å². The van der Waals surface area contributed by atoms with Gasteiger partial charge in [0.2, 0.25) is 0 Å². The second-order valence-corrected chi connectivity index (χ2v) is 4.76. The zero-order chi connectivity index (χ0) is 11.5. The van der Waals surface area contributed by atoms with E-state index >= 15 is 0 Å². The molecule has 1 aliphatic rings. The van der Waals surface area contributed by atoms with Gasteiger partial charge in [0.1, 0.15) is 5.75 Å². The Balaban J connectivity index is 2.27. The third-order valence-corrected chi connectivity index (χ3v) is 3.19. The summed E-state index contributed by atoms with van der Waals surface area (Å²) in [5.74, 6) is 1.60. The maximum absolute atomic E-state index is 5.76. The van der Waals surface area contributed by atoms with Crippen molar-refractivity contribution in [1.82, 2.24) is 5.32 Å². The van der Waals surface area contributed by atoms with Crippen LogP contribution in [0.2, 0.25) is 0 Å². The number of benzene rings is 1. The van der Waals surface area contributed by atoms with Crippen LogP contribution < -0.4 is 10.1 Å². The highest BCUT2D eigenvalue weighted by molar-refractivity contribution is 5.40. The molecule has 0 spiro atoms. The fraction of sp³-hybridized carbons (Fsp3) is 0.571. The minimum absolute atomic E-state index is 0.448. The molecule has 1 N–H and O–H groups in total. The summed E-state index contributed by atoms with van der Waals surface area (Å²) in [6, 6.07) is 6.91. The highest BCUT2D eigenvalue weighted by atomic mass is 16.5. The van der Waals surface area contributed by atoms with E-state index in [1.165, 1.54) is 17.5 Å². The lowest BCUT2D eigenvalue weighted by Gasteiger charge is -2.32. The minimum atomic E-state index is 0.448. The van der Waals surface area contributed by atoms with Crippen molar-refractivity contribution >= 4 is 0 Å². The molecule has 0 amide bonds. The van der Waals surface area contributed by atoms with Gasteiger partial charge in [-0.15, -0.1) is 0 Å². The normalized spacial score (nSPS) is 23.7. The van der Waals surface area contributed by atoms with Gasteiger partial charge in [0.15, 0.2) is 0 Å². The summed E-state index contributed by atoms with van der Waals surface area (Å²) in [6.07, 6.45) is 1.17. The SMILES string of the molecule is CCCNC1c2cc(C)ccc2OCC1C. The van der Waals surface area contributed by atoms with Gasteiger partial charge in [0.25, 0.3) is 0 Å². The number of nitrogens with one attached hydrogen (secondary N) is 1. The molecule has 2 rings (SSSR count). The molecule has 16 heavy (non-hydrogen) atoms. The van der Waals surface area contributed by atoms with Gasteiger partial charge in [0, 0.05) is 17.5 Å². The molecule has 0 bridgehead atoms. The maximum Gasteiger partial charge on any atom is 0.124 e. The van der Waals surface area contributed by atoms with Crippen molar-refractivity contribution in [2.24, 2.45) is 5.92 Å². The minimum Gasteiger partial charge on any atom is -0.493 e. The van der Waals surface area contributed by atoms with Gasteiger partial charge >= 0.3 is 0 Å². The molecule has 0 fully saturated rings. The number of aryl methyl sites for hydroxylation is 1. The van der Waals surface area contributed by atoms with Crippen LogP contribution in [0.4, 0.5) is 0 Å². The topological polar surface area (TPSA) is 21.3 Å². The summed E-state index contributed by atoms with van der Waals surface area (Å²) in [7, 11) is 0. The van der Waals surface area contributed by atoms with E-state index in [1.54, 1.807) is 0 Å². The lowest BCUT2D eigenvalue weighted by atomic mass is 9.91. The largest absolute Gasteiger partial charge is 0.493 e. The van der Waals surface area contributed by atoms with Crippen molar-refractivity contribution in [2.45, 2.75) is 33.2 Å². The molecular formula is C14H21NO. The summed E-state index contributed by atoms with van der Waals surface area (Å²) in [5, 5.41) is 3.62. The van der Waals surface area contributed by atoms with Crippen molar-refractivity contribution in [3.63, 3.8) is 0 Å². The van der Waals surface area contributed by atoms with E-state index in [0.29, 0.717) is 12.0 Å². The molecule has 1 heterocycles. The molecule has 0 aromatic heterocycles. The van der Waals surface area contributed by atoms with Gasteiger partial charge in [0.05, 0.1) is 6.61 Å². The molecule has 0 saturated carbocycles. The molecule has 0 aliphatic carbocycles. The van der Waals surface area contributed by atoms with Crippen molar-refractivity contribution in [3.05, 3.63) is 29.3 Å². The van der Waals surface area contributed by atoms with Crippen LogP contribution in [0.15, 0.2) is 18.2 Å². The first kappa shape index (κ1) is 11.5. The summed E-state index contributed by atoms with van der Waals surface area (Å²) in [5.41, 5.74) is 2.63. The second kappa shape index (κ2) is 4.88. The van der Waals surface area contributed by atoms with Crippen LogP contribution in [-0.2, 0) is 0 Å². The first-order chi connectivity index (χ1) is 7.72. The molecule has 0 radical (unpaired) electrons. The molecule has 2 unspecified atom stereocenters. The van der Waals surface area contributed by atoms with Crippen molar-refractivity contribution in [3.8, 4) is 5.75 Å². The van der Waals surface area contributed by atoms with E-state index in [0.717, 1.165) is 18.9 Å². The van der Waals surface area contributed by atoms with Crippen molar-refractivity contribution in [1.29, 1.82) is 0 Å². The number of rotatable bonds is 3. The quantitative estimate of drug-likeness (QED) is 0.843. The number of hydrogen-bond acceptors (Lipinski definition) is 2. The van der Waals surface area contributed by atoms with Gasteiger partial charge < -0.3 is 10.1 Å². The predicted molar refractivity (Wildman–Crippen MR) is 66.9 cm³/mol. The van der Waals surface area contributed by atoms with Crippen LogP contribution in [0.3, 0.4) is 0 Å². The van der Waals surface area contributed by atoms with Crippen molar-refractivity contribution in [2.75, 3.05) is 13.2 Å².